The molecule has 2 fully saturated rings. The van der Waals surface area contributed by atoms with E-state index in [0.29, 0.717) is 38.2 Å². The molecular formula is C19H23F2N3O. The highest BCUT2D eigenvalue weighted by molar-refractivity contribution is 5.83. The van der Waals surface area contributed by atoms with Crippen LogP contribution in [0.4, 0.5) is 8.78 Å². The maximum atomic E-state index is 13.9. The van der Waals surface area contributed by atoms with Gasteiger partial charge in [-0.1, -0.05) is 13.8 Å². The van der Waals surface area contributed by atoms with Crippen molar-refractivity contribution < 1.29 is 13.6 Å². The summed E-state index contributed by atoms with van der Waals surface area (Å²) in [6.07, 6.45) is 0.576. The molecule has 1 saturated carbocycles. The fourth-order valence-corrected chi connectivity index (χ4v) is 3.72. The number of rotatable bonds is 4. The maximum absolute atomic E-state index is 13.9. The van der Waals surface area contributed by atoms with Crippen molar-refractivity contribution >= 4 is 5.91 Å². The van der Waals surface area contributed by atoms with Crippen LogP contribution in [0.25, 0.3) is 0 Å². The first-order valence-corrected chi connectivity index (χ1v) is 8.79. The fourth-order valence-electron chi connectivity index (χ4n) is 3.72. The average molecular weight is 347 g/mol. The molecule has 25 heavy (non-hydrogen) atoms. The Balaban J connectivity index is 1.58. The van der Waals surface area contributed by atoms with Crippen molar-refractivity contribution in [3.8, 4) is 6.07 Å². The second-order valence-electron chi connectivity index (χ2n) is 7.29. The topological polar surface area (TPSA) is 47.3 Å². The van der Waals surface area contributed by atoms with E-state index in [9.17, 15) is 18.8 Å². The minimum Gasteiger partial charge on any atom is -0.340 e. The summed E-state index contributed by atoms with van der Waals surface area (Å²) in [4.78, 5) is 16.6. The van der Waals surface area contributed by atoms with Gasteiger partial charge in [0.1, 0.15) is 17.7 Å². The van der Waals surface area contributed by atoms with Gasteiger partial charge in [-0.2, -0.15) is 5.26 Å². The molecule has 1 aromatic rings. The molecule has 1 heterocycles. The SMILES string of the molecule is CC(C)[C@H](C#N)N1CCN(C(=O)[C@H]2C[C@@H]2c2cc(F)ccc2F)CC1. The van der Waals surface area contributed by atoms with Crippen LogP contribution in [0.15, 0.2) is 18.2 Å². The van der Waals surface area contributed by atoms with Crippen LogP contribution >= 0.6 is 0 Å². The largest absolute Gasteiger partial charge is 0.340 e. The van der Waals surface area contributed by atoms with E-state index in [-0.39, 0.29) is 29.7 Å². The fraction of sp³-hybridized carbons (Fsp3) is 0.579. The summed E-state index contributed by atoms with van der Waals surface area (Å²) in [5.74, 6) is -1.12. The second kappa shape index (κ2) is 7.09. The monoisotopic (exact) mass is 347 g/mol. The van der Waals surface area contributed by atoms with Crippen molar-refractivity contribution in [1.82, 2.24) is 9.80 Å². The van der Waals surface area contributed by atoms with E-state index in [0.717, 1.165) is 12.1 Å². The highest BCUT2D eigenvalue weighted by Crippen LogP contribution is 2.49. The number of nitrogens with zero attached hydrogens (tertiary/aromatic N) is 3. The smallest absolute Gasteiger partial charge is 0.226 e. The number of piperazine rings is 1. The first-order valence-electron chi connectivity index (χ1n) is 8.79. The molecule has 0 radical (unpaired) electrons. The Bertz CT molecular complexity index is 692. The van der Waals surface area contributed by atoms with Gasteiger partial charge in [-0.15, -0.1) is 0 Å². The van der Waals surface area contributed by atoms with Gasteiger partial charge in [-0.25, -0.2) is 8.78 Å². The van der Waals surface area contributed by atoms with Crippen molar-refractivity contribution in [2.45, 2.75) is 32.2 Å². The Kier molecular flexibility index (Phi) is 5.05. The average Bonchev–Trinajstić information content (AvgIpc) is 3.38. The second-order valence-corrected chi connectivity index (χ2v) is 7.29. The molecule has 0 spiro atoms. The lowest BCUT2D eigenvalue weighted by Crippen LogP contribution is -2.53. The summed E-state index contributed by atoms with van der Waals surface area (Å²) in [5.41, 5.74) is 0.307. The number of hydrogen-bond acceptors (Lipinski definition) is 3. The predicted molar refractivity (Wildman–Crippen MR) is 89.6 cm³/mol. The molecule has 1 aliphatic carbocycles. The van der Waals surface area contributed by atoms with Gasteiger partial charge >= 0.3 is 0 Å². The molecule has 4 nitrogen and oxygen atoms in total. The summed E-state index contributed by atoms with van der Waals surface area (Å²) in [7, 11) is 0. The number of benzene rings is 1. The van der Waals surface area contributed by atoms with Crippen LogP contribution in [0.5, 0.6) is 0 Å². The summed E-state index contributed by atoms with van der Waals surface area (Å²) in [6.45, 7) is 6.56. The van der Waals surface area contributed by atoms with Crippen molar-refractivity contribution in [3.63, 3.8) is 0 Å². The number of nitriles is 1. The number of halogens is 2. The van der Waals surface area contributed by atoms with Gasteiger partial charge in [-0.3, -0.25) is 9.69 Å². The van der Waals surface area contributed by atoms with Gasteiger partial charge < -0.3 is 4.90 Å². The minimum absolute atomic E-state index is 0.0198. The van der Waals surface area contributed by atoms with Gasteiger partial charge in [0.25, 0.3) is 0 Å². The Morgan fingerprint density at radius 3 is 2.52 bits per heavy atom. The van der Waals surface area contributed by atoms with E-state index in [1.165, 1.54) is 6.07 Å². The summed E-state index contributed by atoms with van der Waals surface area (Å²) in [6, 6.07) is 5.62. The van der Waals surface area contributed by atoms with E-state index >= 15 is 0 Å². The van der Waals surface area contributed by atoms with Crippen LogP contribution in [0.3, 0.4) is 0 Å². The normalized spacial score (nSPS) is 24.9. The highest BCUT2D eigenvalue weighted by atomic mass is 19.1. The Morgan fingerprint density at radius 1 is 1.24 bits per heavy atom. The maximum Gasteiger partial charge on any atom is 0.226 e. The molecule has 134 valence electrons. The molecule has 0 bridgehead atoms. The van der Waals surface area contributed by atoms with Crippen molar-refractivity contribution in [1.29, 1.82) is 5.26 Å². The first kappa shape index (κ1) is 17.8. The minimum atomic E-state index is -0.473. The van der Waals surface area contributed by atoms with E-state index < -0.39 is 11.6 Å². The third-order valence-electron chi connectivity index (χ3n) is 5.25. The van der Waals surface area contributed by atoms with Crippen molar-refractivity contribution in [3.05, 3.63) is 35.4 Å². The van der Waals surface area contributed by atoms with Crippen LogP contribution < -0.4 is 0 Å². The summed E-state index contributed by atoms with van der Waals surface area (Å²) >= 11 is 0. The third-order valence-corrected chi connectivity index (χ3v) is 5.25. The molecule has 0 N–H and O–H groups in total. The number of hydrogen-bond donors (Lipinski definition) is 0. The van der Waals surface area contributed by atoms with Crippen LogP contribution in [-0.4, -0.2) is 47.9 Å². The Labute approximate surface area is 147 Å². The molecule has 0 aromatic heterocycles. The lowest BCUT2D eigenvalue weighted by Gasteiger charge is -2.38. The van der Waals surface area contributed by atoms with E-state index in [1.54, 1.807) is 4.90 Å². The zero-order chi connectivity index (χ0) is 18.1. The Morgan fingerprint density at radius 2 is 1.92 bits per heavy atom. The van der Waals surface area contributed by atoms with Gasteiger partial charge in [0.2, 0.25) is 5.91 Å². The van der Waals surface area contributed by atoms with Gasteiger partial charge in [0.15, 0.2) is 0 Å². The quantitative estimate of drug-likeness (QED) is 0.841. The zero-order valence-corrected chi connectivity index (χ0v) is 14.6. The van der Waals surface area contributed by atoms with Gasteiger partial charge in [0.05, 0.1) is 6.07 Å². The van der Waals surface area contributed by atoms with Crippen LogP contribution in [-0.2, 0) is 4.79 Å². The molecular weight excluding hydrogens is 324 g/mol. The molecule has 1 amide bonds. The van der Waals surface area contributed by atoms with Crippen molar-refractivity contribution in [2.24, 2.45) is 11.8 Å². The molecule has 3 rings (SSSR count). The number of carbonyl (C=O) groups excluding carboxylic acids is 1. The number of amides is 1. The van der Waals surface area contributed by atoms with E-state index in [4.69, 9.17) is 0 Å². The molecule has 6 heteroatoms. The summed E-state index contributed by atoms with van der Waals surface area (Å²) in [5, 5.41) is 9.29. The van der Waals surface area contributed by atoms with E-state index in [1.807, 2.05) is 13.8 Å². The zero-order valence-electron chi connectivity index (χ0n) is 14.6. The molecule has 2 aliphatic rings. The number of carbonyl (C=O) groups is 1. The molecule has 0 unspecified atom stereocenters. The van der Waals surface area contributed by atoms with Crippen LogP contribution in [0.2, 0.25) is 0 Å². The Hall–Kier alpha value is -2.00. The first-order chi connectivity index (χ1) is 11.9. The molecule has 3 atom stereocenters. The van der Waals surface area contributed by atoms with E-state index in [2.05, 4.69) is 11.0 Å². The van der Waals surface area contributed by atoms with Gasteiger partial charge in [0, 0.05) is 32.1 Å². The van der Waals surface area contributed by atoms with Crippen molar-refractivity contribution in [2.75, 3.05) is 26.2 Å². The van der Waals surface area contributed by atoms with Crippen LogP contribution in [0, 0.1) is 34.8 Å². The van der Waals surface area contributed by atoms with Crippen LogP contribution in [0.1, 0.15) is 31.7 Å². The standard InChI is InChI=1S/C19H23F2N3O/c1-12(2)18(11-22)23-5-7-24(8-6-23)19(25)16-10-14(16)15-9-13(20)3-4-17(15)21/h3-4,9,12,14,16,18H,5-8,10H2,1-2H3/t14-,16+,18+/m1/s1. The lowest BCUT2D eigenvalue weighted by atomic mass is 10.0. The molecule has 1 aromatic carbocycles. The van der Waals surface area contributed by atoms with Gasteiger partial charge in [-0.05, 0) is 42.0 Å². The predicted octanol–water partition coefficient (Wildman–Crippen LogP) is 2.76. The highest BCUT2D eigenvalue weighted by Gasteiger charge is 2.47. The third kappa shape index (κ3) is 3.67. The molecule has 1 aliphatic heterocycles. The summed E-state index contributed by atoms with van der Waals surface area (Å²) < 4.78 is 27.2. The lowest BCUT2D eigenvalue weighted by molar-refractivity contribution is -0.134. The molecule has 1 saturated heterocycles.